The lowest BCUT2D eigenvalue weighted by Crippen LogP contribution is -2.26. The SMILES string of the molecule is C=CC(NN)c1cc(F)ccc1Cl. The molecule has 0 aromatic heterocycles. The van der Waals surface area contributed by atoms with Gasteiger partial charge in [0.1, 0.15) is 5.82 Å². The first-order chi connectivity index (χ1) is 6.19. The predicted molar refractivity (Wildman–Crippen MR) is 51.7 cm³/mol. The number of nitrogens with two attached hydrogens (primary N) is 1. The van der Waals surface area contributed by atoms with Crippen LogP contribution in [0.15, 0.2) is 30.9 Å². The van der Waals surface area contributed by atoms with E-state index in [2.05, 4.69) is 12.0 Å². The van der Waals surface area contributed by atoms with E-state index in [1.165, 1.54) is 18.2 Å². The minimum atomic E-state index is -0.346. The van der Waals surface area contributed by atoms with Crippen molar-refractivity contribution < 1.29 is 4.39 Å². The maximum atomic E-state index is 12.8. The third kappa shape index (κ3) is 2.28. The van der Waals surface area contributed by atoms with Gasteiger partial charge in [-0.15, -0.1) is 6.58 Å². The molecule has 0 aliphatic rings. The first kappa shape index (κ1) is 10.2. The highest BCUT2D eigenvalue weighted by Crippen LogP contribution is 2.23. The van der Waals surface area contributed by atoms with Gasteiger partial charge in [-0.2, -0.15) is 0 Å². The lowest BCUT2D eigenvalue weighted by molar-refractivity contribution is 0.612. The first-order valence-electron chi connectivity index (χ1n) is 3.72. The van der Waals surface area contributed by atoms with Gasteiger partial charge in [-0.25, -0.2) is 9.82 Å². The van der Waals surface area contributed by atoms with E-state index in [0.29, 0.717) is 10.6 Å². The van der Waals surface area contributed by atoms with E-state index in [4.69, 9.17) is 17.4 Å². The molecule has 0 amide bonds. The Morgan fingerprint density at radius 1 is 1.62 bits per heavy atom. The monoisotopic (exact) mass is 200 g/mol. The van der Waals surface area contributed by atoms with Crippen molar-refractivity contribution >= 4 is 11.6 Å². The molecular formula is C9H10ClFN2. The minimum absolute atomic E-state index is 0.330. The minimum Gasteiger partial charge on any atom is -0.271 e. The van der Waals surface area contributed by atoms with Gasteiger partial charge in [0.15, 0.2) is 0 Å². The van der Waals surface area contributed by atoms with Crippen molar-refractivity contribution in [1.29, 1.82) is 0 Å². The molecule has 1 atom stereocenters. The van der Waals surface area contributed by atoms with Crippen molar-refractivity contribution in [3.8, 4) is 0 Å². The molecule has 70 valence electrons. The Bertz CT molecular complexity index is 314. The van der Waals surface area contributed by atoms with E-state index in [0.717, 1.165) is 0 Å². The highest BCUT2D eigenvalue weighted by atomic mass is 35.5. The van der Waals surface area contributed by atoms with Crippen LogP contribution >= 0.6 is 11.6 Å². The third-order valence-electron chi connectivity index (χ3n) is 1.71. The second-order valence-electron chi connectivity index (χ2n) is 2.55. The molecule has 0 radical (unpaired) electrons. The van der Waals surface area contributed by atoms with E-state index >= 15 is 0 Å². The summed E-state index contributed by atoms with van der Waals surface area (Å²) >= 11 is 5.84. The summed E-state index contributed by atoms with van der Waals surface area (Å²) in [5.74, 6) is 4.89. The fourth-order valence-electron chi connectivity index (χ4n) is 1.04. The van der Waals surface area contributed by atoms with Gasteiger partial charge < -0.3 is 0 Å². The van der Waals surface area contributed by atoms with E-state index in [-0.39, 0.29) is 11.9 Å². The van der Waals surface area contributed by atoms with Crippen molar-refractivity contribution in [3.63, 3.8) is 0 Å². The van der Waals surface area contributed by atoms with Gasteiger partial charge in [0, 0.05) is 5.02 Å². The Morgan fingerprint density at radius 2 is 2.31 bits per heavy atom. The molecule has 1 unspecified atom stereocenters. The van der Waals surface area contributed by atoms with Crippen LogP contribution in [0.4, 0.5) is 4.39 Å². The van der Waals surface area contributed by atoms with Crippen LogP contribution in [0.2, 0.25) is 5.02 Å². The van der Waals surface area contributed by atoms with Crippen LogP contribution in [-0.4, -0.2) is 0 Å². The standard InChI is InChI=1S/C9H10ClFN2/c1-2-9(13-12)7-5-6(11)3-4-8(7)10/h2-5,9,13H,1,12H2. The second-order valence-corrected chi connectivity index (χ2v) is 2.95. The van der Waals surface area contributed by atoms with Crippen LogP contribution in [0, 0.1) is 5.82 Å². The number of nitrogens with one attached hydrogen (secondary N) is 1. The second kappa shape index (κ2) is 4.37. The molecule has 0 saturated heterocycles. The maximum Gasteiger partial charge on any atom is 0.123 e. The average molecular weight is 201 g/mol. The number of hydrogen-bond acceptors (Lipinski definition) is 2. The zero-order valence-corrected chi connectivity index (χ0v) is 7.68. The van der Waals surface area contributed by atoms with Gasteiger partial charge >= 0.3 is 0 Å². The van der Waals surface area contributed by atoms with Crippen LogP contribution in [0.1, 0.15) is 11.6 Å². The average Bonchev–Trinajstić information content (AvgIpc) is 2.13. The zero-order valence-electron chi connectivity index (χ0n) is 6.93. The molecule has 13 heavy (non-hydrogen) atoms. The van der Waals surface area contributed by atoms with Crippen molar-refractivity contribution in [2.24, 2.45) is 5.84 Å². The zero-order chi connectivity index (χ0) is 9.84. The molecule has 3 N–H and O–H groups in total. The largest absolute Gasteiger partial charge is 0.271 e. The molecule has 0 saturated carbocycles. The summed E-state index contributed by atoms with van der Waals surface area (Å²) in [4.78, 5) is 0. The van der Waals surface area contributed by atoms with E-state index in [9.17, 15) is 4.39 Å². The Labute approximate surface area is 81.2 Å². The third-order valence-corrected chi connectivity index (χ3v) is 2.05. The molecule has 1 aromatic rings. The highest BCUT2D eigenvalue weighted by Gasteiger charge is 2.09. The molecule has 0 aliphatic carbocycles. The van der Waals surface area contributed by atoms with Crippen LogP contribution < -0.4 is 11.3 Å². The molecule has 2 nitrogen and oxygen atoms in total. The predicted octanol–water partition coefficient (Wildman–Crippen LogP) is 2.17. The summed E-state index contributed by atoms with van der Waals surface area (Å²) in [6.45, 7) is 3.56. The molecule has 0 fully saturated rings. The summed E-state index contributed by atoms with van der Waals surface area (Å²) in [5, 5.41) is 0.462. The van der Waals surface area contributed by atoms with Gasteiger partial charge in [0.25, 0.3) is 0 Å². The van der Waals surface area contributed by atoms with Gasteiger partial charge in [-0.1, -0.05) is 17.7 Å². The van der Waals surface area contributed by atoms with Crippen molar-refractivity contribution in [3.05, 3.63) is 47.3 Å². The van der Waals surface area contributed by atoms with Crippen LogP contribution in [0.5, 0.6) is 0 Å². The van der Waals surface area contributed by atoms with E-state index in [1.807, 2.05) is 0 Å². The summed E-state index contributed by atoms with van der Waals surface area (Å²) in [6.07, 6.45) is 1.56. The Hall–Kier alpha value is -0.900. The molecular weight excluding hydrogens is 191 g/mol. The number of hydrogen-bond donors (Lipinski definition) is 2. The van der Waals surface area contributed by atoms with Gasteiger partial charge in [0.2, 0.25) is 0 Å². The van der Waals surface area contributed by atoms with Gasteiger partial charge in [-0.3, -0.25) is 5.84 Å². The summed E-state index contributed by atoms with van der Waals surface area (Å²) in [7, 11) is 0. The van der Waals surface area contributed by atoms with Crippen LogP contribution in [-0.2, 0) is 0 Å². The normalized spacial score (nSPS) is 12.5. The Balaban J connectivity index is 3.10. The number of rotatable bonds is 3. The van der Waals surface area contributed by atoms with Gasteiger partial charge in [-0.05, 0) is 23.8 Å². The van der Waals surface area contributed by atoms with Crippen molar-refractivity contribution in [2.75, 3.05) is 0 Å². The highest BCUT2D eigenvalue weighted by molar-refractivity contribution is 6.31. The topological polar surface area (TPSA) is 38.0 Å². The smallest absolute Gasteiger partial charge is 0.123 e. The summed E-state index contributed by atoms with van der Waals surface area (Å²) in [5.41, 5.74) is 3.05. The summed E-state index contributed by atoms with van der Waals surface area (Å²) in [6, 6.07) is 3.78. The number of hydrazine groups is 1. The molecule has 0 bridgehead atoms. The molecule has 4 heteroatoms. The molecule has 1 aromatic carbocycles. The fourth-order valence-corrected chi connectivity index (χ4v) is 1.27. The molecule has 0 aliphatic heterocycles. The lowest BCUT2D eigenvalue weighted by atomic mass is 10.1. The Kier molecular flexibility index (Phi) is 3.42. The van der Waals surface area contributed by atoms with Crippen LogP contribution in [0.3, 0.4) is 0 Å². The first-order valence-corrected chi connectivity index (χ1v) is 4.10. The fraction of sp³-hybridized carbons (Fsp3) is 0.111. The molecule has 0 heterocycles. The number of benzene rings is 1. The van der Waals surface area contributed by atoms with Crippen molar-refractivity contribution in [2.45, 2.75) is 6.04 Å². The quantitative estimate of drug-likeness (QED) is 0.446. The molecule has 1 rings (SSSR count). The lowest BCUT2D eigenvalue weighted by Gasteiger charge is -2.12. The van der Waals surface area contributed by atoms with Gasteiger partial charge in [0.05, 0.1) is 6.04 Å². The maximum absolute atomic E-state index is 12.8. The van der Waals surface area contributed by atoms with Crippen molar-refractivity contribution in [1.82, 2.24) is 5.43 Å². The van der Waals surface area contributed by atoms with Crippen LogP contribution in [0.25, 0.3) is 0 Å². The number of halogens is 2. The molecule has 0 spiro atoms. The van der Waals surface area contributed by atoms with E-state index < -0.39 is 0 Å². The van der Waals surface area contributed by atoms with E-state index in [1.54, 1.807) is 6.08 Å². The Morgan fingerprint density at radius 3 is 2.85 bits per heavy atom. The summed E-state index contributed by atoms with van der Waals surface area (Å²) < 4.78 is 12.8.